The summed E-state index contributed by atoms with van der Waals surface area (Å²) in [5.41, 5.74) is 0.603. The number of fused-ring (bicyclic) bond motifs is 1. The molecule has 0 bridgehead atoms. The van der Waals surface area contributed by atoms with Crippen LogP contribution in [-0.4, -0.2) is 28.4 Å². The molecule has 1 aromatic carbocycles. The number of amides is 2. The molecular formula is C16H17N3O2. The van der Waals surface area contributed by atoms with Gasteiger partial charge in [0, 0.05) is 5.39 Å². The maximum atomic E-state index is 12.6. The molecule has 2 amide bonds. The van der Waals surface area contributed by atoms with Crippen LogP contribution in [0, 0.1) is 0 Å². The molecule has 1 aromatic heterocycles. The predicted molar refractivity (Wildman–Crippen MR) is 80.9 cm³/mol. The summed E-state index contributed by atoms with van der Waals surface area (Å²) in [6, 6.07) is 9.04. The zero-order valence-corrected chi connectivity index (χ0v) is 12.3. The highest BCUT2D eigenvalue weighted by atomic mass is 16.2. The smallest absolute Gasteiger partial charge is 0.252 e. The maximum Gasteiger partial charge on any atom is 0.252 e. The van der Waals surface area contributed by atoms with E-state index in [-0.39, 0.29) is 11.8 Å². The van der Waals surface area contributed by atoms with Gasteiger partial charge < -0.3 is 5.32 Å². The van der Waals surface area contributed by atoms with Crippen molar-refractivity contribution < 1.29 is 9.59 Å². The minimum Gasteiger partial charge on any atom is -0.340 e. The summed E-state index contributed by atoms with van der Waals surface area (Å²) in [6.45, 7) is 5.14. The van der Waals surface area contributed by atoms with Crippen LogP contribution < -0.4 is 10.2 Å². The van der Waals surface area contributed by atoms with Gasteiger partial charge in [0.2, 0.25) is 5.91 Å². The lowest BCUT2D eigenvalue weighted by atomic mass is 9.97. The average molecular weight is 283 g/mol. The largest absolute Gasteiger partial charge is 0.340 e. The van der Waals surface area contributed by atoms with Gasteiger partial charge in [0.15, 0.2) is 0 Å². The SMILES string of the molecule is CC1C(=O)NC(C)(C)C(=O)N1c1cnc2ccccc2c1. The highest BCUT2D eigenvalue weighted by molar-refractivity contribution is 6.10. The molecule has 3 rings (SSSR count). The standard InChI is InChI=1S/C16H17N3O2/c1-10-14(20)18-16(2,3)15(21)19(10)12-8-11-6-4-5-7-13(11)17-9-12/h4-10H,1-3H3,(H,18,20). The normalized spacial score (nSPS) is 21.5. The zero-order chi connectivity index (χ0) is 15.2. The number of hydrogen-bond donors (Lipinski definition) is 1. The number of nitrogens with zero attached hydrogens (tertiary/aromatic N) is 2. The molecule has 0 spiro atoms. The monoisotopic (exact) mass is 283 g/mol. The first-order chi connectivity index (χ1) is 9.90. The first kappa shape index (κ1) is 13.5. The van der Waals surface area contributed by atoms with Gasteiger partial charge in [-0.05, 0) is 32.9 Å². The first-order valence-corrected chi connectivity index (χ1v) is 6.90. The Labute approximate surface area is 123 Å². The highest BCUT2D eigenvalue weighted by Crippen LogP contribution is 2.27. The van der Waals surface area contributed by atoms with Crippen LogP contribution in [0.5, 0.6) is 0 Å². The van der Waals surface area contributed by atoms with E-state index in [9.17, 15) is 9.59 Å². The number of piperazine rings is 1. The minimum atomic E-state index is -0.908. The van der Waals surface area contributed by atoms with Gasteiger partial charge in [0.1, 0.15) is 11.6 Å². The molecule has 1 fully saturated rings. The van der Waals surface area contributed by atoms with Crippen molar-refractivity contribution in [1.29, 1.82) is 0 Å². The van der Waals surface area contributed by atoms with Gasteiger partial charge in [0.05, 0.1) is 17.4 Å². The summed E-state index contributed by atoms with van der Waals surface area (Å²) in [4.78, 5) is 30.6. The summed E-state index contributed by atoms with van der Waals surface area (Å²) in [6.07, 6.45) is 1.64. The Morgan fingerprint density at radius 3 is 2.71 bits per heavy atom. The molecule has 21 heavy (non-hydrogen) atoms. The van der Waals surface area contributed by atoms with Crippen molar-refractivity contribution in [2.24, 2.45) is 0 Å². The van der Waals surface area contributed by atoms with E-state index in [1.54, 1.807) is 27.0 Å². The van der Waals surface area contributed by atoms with Gasteiger partial charge in [-0.3, -0.25) is 19.5 Å². The molecule has 2 heterocycles. The zero-order valence-electron chi connectivity index (χ0n) is 12.3. The average Bonchev–Trinajstić information content (AvgIpc) is 2.45. The van der Waals surface area contributed by atoms with E-state index in [1.807, 2.05) is 30.3 Å². The number of carbonyl (C=O) groups is 2. The lowest BCUT2D eigenvalue weighted by Gasteiger charge is -2.41. The molecular weight excluding hydrogens is 266 g/mol. The predicted octanol–water partition coefficient (Wildman–Crippen LogP) is 1.86. The van der Waals surface area contributed by atoms with Crippen LogP contribution in [0.4, 0.5) is 5.69 Å². The van der Waals surface area contributed by atoms with E-state index in [0.29, 0.717) is 5.69 Å². The second-order valence-electron chi connectivity index (χ2n) is 5.85. The Morgan fingerprint density at radius 2 is 1.95 bits per heavy atom. The topological polar surface area (TPSA) is 62.3 Å². The first-order valence-electron chi connectivity index (χ1n) is 6.90. The minimum absolute atomic E-state index is 0.133. The summed E-state index contributed by atoms with van der Waals surface area (Å²) >= 11 is 0. The van der Waals surface area contributed by atoms with E-state index >= 15 is 0 Å². The van der Waals surface area contributed by atoms with Crippen LogP contribution in [-0.2, 0) is 9.59 Å². The number of para-hydroxylation sites is 1. The van der Waals surface area contributed by atoms with E-state index in [1.165, 1.54) is 4.90 Å². The van der Waals surface area contributed by atoms with Gasteiger partial charge in [-0.25, -0.2) is 0 Å². The molecule has 1 aliphatic rings. The van der Waals surface area contributed by atoms with Crippen LogP contribution >= 0.6 is 0 Å². The van der Waals surface area contributed by atoms with Crippen molar-refractivity contribution in [1.82, 2.24) is 10.3 Å². The fourth-order valence-corrected chi connectivity index (χ4v) is 2.59. The quantitative estimate of drug-likeness (QED) is 0.869. The van der Waals surface area contributed by atoms with Crippen LogP contribution in [0.1, 0.15) is 20.8 Å². The van der Waals surface area contributed by atoms with Crippen molar-refractivity contribution in [3.05, 3.63) is 36.5 Å². The molecule has 0 radical (unpaired) electrons. The van der Waals surface area contributed by atoms with Crippen molar-refractivity contribution in [2.75, 3.05) is 4.90 Å². The number of pyridine rings is 1. The van der Waals surface area contributed by atoms with E-state index < -0.39 is 11.6 Å². The van der Waals surface area contributed by atoms with Crippen molar-refractivity contribution in [3.8, 4) is 0 Å². The summed E-state index contributed by atoms with van der Waals surface area (Å²) in [7, 11) is 0. The third kappa shape index (κ3) is 2.14. The third-order valence-corrected chi connectivity index (χ3v) is 3.81. The molecule has 108 valence electrons. The second-order valence-corrected chi connectivity index (χ2v) is 5.85. The Hall–Kier alpha value is -2.43. The Balaban J connectivity index is 2.10. The van der Waals surface area contributed by atoms with Crippen LogP contribution in [0.2, 0.25) is 0 Å². The van der Waals surface area contributed by atoms with Crippen molar-refractivity contribution in [2.45, 2.75) is 32.4 Å². The number of benzene rings is 1. The molecule has 0 aliphatic carbocycles. The molecule has 5 heteroatoms. The van der Waals surface area contributed by atoms with E-state index in [0.717, 1.165) is 10.9 Å². The molecule has 5 nitrogen and oxygen atoms in total. The Bertz CT molecular complexity index is 739. The number of anilines is 1. The van der Waals surface area contributed by atoms with Crippen LogP contribution in [0.15, 0.2) is 36.5 Å². The molecule has 0 saturated carbocycles. The molecule has 1 aliphatic heterocycles. The molecule has 1 saturated heterocycles. The number of aromatic nitrogens is 1. The molecule has 1 atom stereocenters. The maximum absolute atomic E-state index is 12.6. The van der Waals surface area contributed by atoms with Crippen LogP contribution in [0.3, 0.4) is 0 Å². The van der Waals surface area contributed by atoms with E-state index in [4.69, 9.17) is 0 Å². The summed E-state index contributed by atoms with van der Waals surface area (Å²) < 4.78 is 0. The van der Waals surface area contributed by atoms with Crippen molar-refractivity contribution in [3.63, 3.8) is 0 Å². The van der Waals surface area contributed by atoms with E-state index in [2.05, 4.69) is 10.3 Å². The van der Waals surface area contributed by atoms with Gasteiger partial charge in [-0.2, -0.15) is 0 Å². The number of rotatable bonds is 1. The van der Waals surface area contributed by atoms with Gasteiger partial charge in [0.25, 0.3) is 5.91 Å². The number of hydrogen-bond acceptors (Lipinski definition) is 3. The molecule has 1 N–H and O–H groups in total. The Kier molecular flexibility index (Phi) is 2.93. The summed E-state index contributed by atoms with van der Waals surface area (Å²) in [5, 5.41) is 3.68. The lowest BCUT2D eigenvalue weighted by Crippen LogP contribution is -2.67. The van der Waals surface area contributed by atoms with Gasteiger partial charge in [-0.15, -0.1) is 0 Å². The summed E-state index contributed by atoms with van der Waals surface area (Å²) in [5.74, 6) is -0.292. The Morgan fingerprint density at radius 1 is 1.24 bits per heavy atom. The second kappa shape index (κ2) is 4.55. The number of nitrogens with one attached hydrogen (secondary N) is 1. The fourth-order valence-electron chi connectivity index (χ4n) is 2.59. The molecule has 1 unspecified atom stereocenters. The number of carbonyl (C=O) groups excluding carboxylic acids is 2. The fraction of sp³-hybridized carbons (Fsp3) is 0.312. The lowest BCUT2D eigenvalue weighted by molar-refractivity contribution is -0.136. The van der Waals surface area contributed by atoms with Gasteiger partial charge >= 0.3 is 0 Å². The highest BCUT2D eigenvalue weighted by Gasteiger charge is 2.44. The molecule has 2 aromatic rings. The van der Waals surface area contributed by atoms with Gasteiger partial charge in [-0.1, -0.05) is 18.2 Å². The van der Waals surface area contributed by atoms with Crippen LogP contribution in [0.25, 0.3) is 10.9 Å². The third-order valence-electron chi connectivity index (χ3n) is 3.81. The van der Waals surface area contributed by atoms with Crippen molar-refractivity contribution >= 4 is 28.4 Å².